The van der Waals surface area contributed by atoms with Crippen molar-refractivity contribution < 1.29 is 14.5 Å². The number of pyridine rings is 1. The average Bonchev–Trinajstić information content (AvgIpc) is 2.70. The molecule has 1 aromatic carbocycles. The molecule has 2 unspecified atom stereocenters. The lowest BCUT2D eigenvalue weighted by Crippen LogP contribution is -2.45. The van der Waals surface area contributed by atoms with E-state index in [2.05, 4.69) is 4.98 Å². The van der Waals surface area contributed by atoms with Gasteiger partial charge in [0, 0.05) is 35.7 Å². The summed E-state index contributed by atoms with van der Waals surface area (Å²) >= 11 is 0. The molecule has 1 aliphatic carbocycles. The second-order valence-corrected chi connectivity index (χ2v) is 7.85. The summed E-state index contributed by atoms with van der Waals surface area (Å²) < 4.78 is 4.76. The zero-order chi connectivity index (χ0) is 21.3. The predicted octanol–water partition coefficient (Wildman–Crippen LogP) is 3.51. The van der Waals surface area contributed by atoms with E-state index in [1.807, 2.05) is 19.9 Å². The number of nitrogens with zero attached hydrogens (tertiary/aromatic N) is 2. The van der Waals surface area contributed by atoms with Gasteiger partial charge in [-0.05, 0) is 41.5 Å². The Kier molecular flexibility index (Phi) is 5.25. The number of H-pyrrole nitrogens is 1. The number of nitriles is 1. The van der Waals surface area contributed by atoms with Gasteiger partial charge < -0.3 is 9.72 Å². The highest BCUT2D eigenvalue weighted by Crippen LogP contribution is 2.57. The van der Waals surface area contributed by atoms with Gasteiger partial charge in [0.2, 0.25) is 0 Å². The van der Waals surface area contributed by atoms with Gasteiger partial charge in [-0.2, -0.15) is 5.26 Å². The number of carbonyl (C=O) groups is 1. The Morgan fingerprint density at radius 3 is 2.55 bits per heavy atom. The van der Waals surface area contributed by atoms with Crippen LogP contribution in [0.25, 0.3) is 11.1 Å². The van der Waals surface area contributed by atoms with Gasteiger partial charge in [0.05, 0.1) is 12.0 Å². The number of benzene rings is 1. The maximum atomic E-state index is 12.5. The molecular weight excluding hydrogens is 374 g/mol. The van der Waals surface area contributed by atoms with Crippen LogP contribution in [0, 0.1) is 32.8 Å². The molecule has 0 amide bonds. The third kappa shape index (κ3) is 3.63. The van der Waals surface area contributed by atoms with Gasteiger partial charge in [-0.25, -0.2) is 0 Å². The molecule has 1 aromatic heterocycles. The Hall–Kier alpha value is -3.47. The Bertz CT molecular complexity index is 1060. The number of non-ortho nitro benzene ring substituents is 1. The molecule has 0 aliphatic heterocycles. The number of nitrogens with one attached hydrogen (secondary N) is 1. The maximum absolute atomic E-state index is 12.5. The fourth-order valence-electron chi connectivity index (χ4n) is 4.04. The van der Waals surface area contributed by atoms with E-state index in [-0.39, 0.29) is 34.5 Å². The third-order valence-electron chi connectivity index (χ3n) is 6.04. The molecule has 29 heavy (non-hydrogen) atoms. The summed E-state index contributed by atoms with van der Waals surface area (Å²) in [6.45, 7) is 4.08. The molecule has 0 saturated heterocycles. The van der Waals surface area contributed by atoms with Crippen molar-refractivity contribution in [2.45, 2.75) is 32.6 Å². The molecule has 1 aliphatic rings. The fraction of sp³-hybridized carbons (Fsp3) is 0.381. The molecule has 1 heterocycles. The van der Waals surface area contributed by atoms with E-state index in [1.165, 1.54) is 31.4 Å². The minimum absolute atomic E-state index is 0.00870. The minimum atomic E-state index is -0.503. The Balaban J connectivity index is 1.99. The summed E-state index contributed by atoms with van der Waals surface area (Å²) in [6, 6.07) is 9.44. The van der Waals surface area contributed by atoms with Crippen molar-refractivity contribution in [2.75, 3.05) is 7.11 Å². The van der Waals surface area contributed by atoms with Crippen molar-refractivity contribution in [2.24, 2.45) is 11.3 Å². The Labute approximate surface area is 167 Å². The van der Waals surface area contributed by atoms with Crippen molar-refractivity contribution in [3.63, 3.8) is 0 Å². The van der Waals surface area contributed by atoms with Crippen LogP contribution in [0.5, 0.6) is 0 Å². The van der Waals surface area contributed by atoms with Gasteiger partial charge in [0.25, 0.3) is 11.2 Å². The smallest absolute Gasteiger partial charge is 0.305 e. The number of hydrogen-bond donors (Lipinski definition) is 1. The van der Waals surface area contributed by atoms with Crippen LogP contribution in [0.1, 0.15) is 43.9 Å². The Morgan fingerprint density at radius 1 is 1.38 bits per heavy atom. The molecule has 1 saturated carbocycles. The number of nitro benzene ring substituents is 1. The van der Waals surface area contributed by atoms with Crippen molar-refractivity contribution in [1.82, 2.24) is 4.98 Å². The molecule has 0 spiro atoms. The van der Waals surface area contributed by atoms with E-state index in [1.54, 1.807) is 6.07 Å². The predicted molar refractivity (Wildman–Crippen MR) is 105 cm³/mol. The van der Waals surface area contributed by atoms with Crippen molar-refractivity contribution in [3.8, 4) is 17.2 Å². The molecule has 2 atom stereocenters. The highest BCUT2D eigenvalue weighted by atomic mass is 16.6. The van der Waals surface area contributed by atoms with Crippen LogP contribution in [0.15, 0.2) is 35.1 Å². The van der Waals surface area contributed by atoms with Crippen LogP contribution in [0.2, 0.25) is 0 Å². The van der Waals surface area contributed by atoms with E-state index in [0.29, 0.717) is 29.7 Å². The molecule has 0 radical (unpaired) electrons. The lowest BCUT2D eigenvalue weighted by Gasteiger charge is -2.52. The highest BCUT2D eigenvalue weighted by Gasteiger charge is 2.50. The van der Waals surface area contributed by atoms with E-state index in [0.717, 1.165) is 0 Å². The van der Waals surface area contributed by atoms with Gasteiger partial charge in [-0.15, -0.1) is 0 Å². The summed E-state index contributed by atoms with van der Waals surface area (Å²) in [4.78, 5) is 37.4. The molecule has 0 bridgehead atoms. The number of ether oxygens (including phenoxy) is 1. The van der Waals surface area contributed by atoms with Crippen LogP contribution in [0.3, 0.4) is 0 Å². The number of aromatic amines is 1. The van der Waals surface area contributed by atoms with Crippen LogP contribution >= 0.6 is 0 Å². The summed E-state index contributed by atoms with van der Waals surface area (Å²) in [5.74, 6) is -0.127. The SMILES string of the molecule is COC(=O)CC1CC(c2cc(-c3ccc([N+](=O)[O-])cc3)c(C#N)c(=O)[nH]2)C1(C)C. The maximum Gasteiger partial charge on any atom is 0.305 e. The number of methoxy groups -OCH3 is 1. The largest absolute Gasteiger partial charge is 0.469 e. The zero-order valence-electron chi connectivity index (χ0n) is 16.4. The molecule has 150 valence electrons. The topological polar surface area (TPSA) is 126 Å². The second kappa shape index (κ2) is 7.51. The first-order valence-corrected chi connectivity index (χ1v) is 9.18. The molecular formula is C21H21N3O5. The van der Waals surface area contributed by atoms with Gasteiger partial charge in [0.1, 0.15) is 11.6 Å². The summed E-state index contributed by atoms with van der Waals surface area (Å²) in [6.07, 6.45) is 1.03. The van der Waals surface area contributed by atoms with E-state index < -0.39 is 10.5 Å². The van der Waals surface area contributed by atoms with Crippen molar-refractivity contribution >= 4 is 11.7 Å². The molecule has 1 N–H and O–H groups in total. The Morgan fingerprint density at radius 2 is 2.03 bits per heavy atom. The van der Waals surface area contributed by atoms with Crippen LogP contribution < -0.4 is 5.56 Å². The van der Waals surface area contributed by atoms with Crippen molar-refractivity contribution in [3.05, 3.63) is 62.1 Å². The summed E-state index contributed by atoms with van der Waals surface area (Å²) in [5.41, 5.74) is 0.849. The highest BCUT2D eigenvalue weighted by molar-refractivity contribution is 5.72. The first-order chi connectivity index (χ1) is 13.7. The molecule has 3 rings (SSSR count). The van der Waals surface area contributed by atoms with Gasteiger partial charge in [-0.3, -0.25) is 19.7 Å². The first-order valence-electron chi connectivity index (χ1n) is 9.18. The van der Waals surface area contributed by atoms with E-state index >= 15 is 0 Å². The number of nitro groups is 1. The third-order valence-corrected chi connectivity index (χ3v) is 6.04. The number of hydrogen-bond acceptors (Lipinski definition) is 6. The molecule has 8 heteroatoms. The second-order valence-electron chi connectivity index (χ2n) is 7.85. The van der Waals surface area contributed by atoms with E-state index in [4.69, 9.17) is 4.74 Å². The number of rotatable bonds is 5. The number of esters is 1. The molecule has 8 nitrogen and oxygen atoms in total. The van der Waals surface area contributed by atoms with E-state index in [9.17, 15) is 25.0 Å². The zero-order valence-corrected chi connectivity index (χ0v) is 16.4. The van der Waals surface area contributed by atoms with Crippen LogP contribution in [0.4, 0.5) is 5.69 Å². The number of aromatic nitrogens is 1. The van der Waals surface area contributed by atoms with Gasteiger partial charge >= 0.3 is 5.97 Å². The summed E-state index contributed by atoms with van der Waals surface area (Å²) in [5, 5.41) is 20.3. The average molecular weight is 395 g/mol. The lowest BCUT2D eigenvalue weighted by atomic mass is 9.52. The molecule has 2 aromatic rings. The first kappa shape index (κ1) is 20.3. The normalized spacial score (nSPS) is 19.7. The quantitative estimate of drug-likeness (QED) is 0.469. The minimum Gasteiger partial charge on any atom is -0.469 e. The van der Waals surface area contributed by atoms with Gasteiger partial charge in [-0.1, -0.05) is 13.8 Å². The lowest BCUT2D eigenvalue weighted by molar-refractivity contribution is -0.384. The monoisotopic (exact) mass is 395 g/mol. The van der Waals surface area contributed by atoms with Gasteiger partial charge in [0.15, 0.2) is 0 Å². The molecule has 1 fully saturated rings. The van der Waals surface area contributed by atoms with Crippen LogP contribution in [-0.2, 0) is 9.53 Å². The fourth-order valence-corrected chi connectivity index (χ4v) is 4.04. The summed E-state index contributed by atoms with van der Waals surface area (Å²) in [7, 11) is 1.36. The number of carbonyl (C=O) groups excluding carboxylic acids is 1. The van der Waals surface area contributed by atoms with Crippen molar-refractivity contribution in [1.29, 1.82) is 5.26 Å². The standard InChI is InChI=1S/C21H21N3O5/c1-21(2)13(9-19(25)29-3)8-17(21)18-10-15(16(11-22)20(26)23-18)12-4-6-14(7-5-12)24(27)28/h4-7,10,13,17H,8-9H2,1-3H3,(H,23,26). The van der Waals surface area contributed by atoms with Crippen LogP contribution in [-0.4, -0.2) is 23.0 Å².